The number of benzene rings is 1. The second-order valence-corrected chi connectivity index (χ2v) is 5.20. The number of aliphatic hydroxyl groups excluding tert-OH is 1. The Balaban J connectivity index is 2.34. The van der Waals surface area contributed by atoms with Gasteiger partial charge in [0, 0.05) is 13.2 Å². The minimum Gasteiger partial charge on any atom is -0.387 e. The molecule has 0 amide bonds. The molecule has 0 bridgehead atoms. The Bertz CT molecular complexity index is 450. The van der Waals surface area contributed by atoms with Crippen molar-refractivity contribution in [1.29, 1.82) is 5.26 Å². The second-order valence-electron chi connectivity index (χ2n) is 5.20. The van der Waals surface area contributed by atoms with Gasteiger partial charge in [0.1, 0.15) is 0 Å². The molecule has 1 atom stereocenters. The fourth-order valence-corrected chi connectivity index (χ4v) is 2.67. The van der Waals surface area contributed by atoms with Gasteiger partial charge in [0.25, 0.3) is 0 Å². The normalized spacial score (nSPS) is 20.1. The van der Waals surface area contributed by atoms with Crippen LogP contribution in [0.5, 0.6) is 0 Å². The number of ether oxygens (including phenoxy) is 1. The lowest BCUT2D eigenvalue weighted by Crippen LogP contribution is -2.34. The highest BCUT2D eigenvalue weighted by molar-refractivity contribution is 5.32. The largest absolute Gasteiger partial charge is 0.387 e. The molecule has 18 heavy (non-hydrogen) atoms. The van der Waals surface area contributed by atoms with E-state index < -0.39 is 11.5 Å². The molecule has 1 aliphatic heterocycles. The van der Waals surface area contributed by atoms with Crippen LogP contribution < -0.4 is 0 Å². The van der Waals surface area contributed by atoms with E-state index in [1.807, 2.05) is 26.0 Å². The number of nitrogens with zero attached hydrogens (tertiary/aromatic N) is 1. The maximum absolute atomic E-state index is 10.6. The van der Waals surface area contributed by atoms with Gasteiger partial charge >= 0.3 is 0 Å². The quantitative estimate of drug-likeness (QED) is 0.871. The van der Waals surface area contributed by atoms with Crippen molar-refractivity contribution in [3.05, 3.63) is 34.9 Å². The van der Waals surface area contributed by atoms with Crippen LogP contribution in [-0.4, -0.2) is 18.3 Å². The predicted molar refractivity (Wildman–Crippen MR) is 69.0 cm³/mol. The monoisotopic (exact) mass is 245 g/mol. The second kappa shape index (κ2) is 5.09. The SMILES string of the molecule is Cc1cc(C)cc(C(O)C2(C#N)CCOCC2)c1. The molecule has 1 aliphatic rings. The summed E-state index contributed by atoms with van der Waals surface area (Å²) < 4.78 is 5.30. The highest BCUT2D eigenvalue weighted by atomic mass is 16.5. The molecular formula is C15H19NO2. The fourth-order valence-electron chi connectivity index (χ4n) is 2.67. The number of hydrogen-bond acceptors (Lipinski definition) is 3. The number of nitriles is 1. The molecule has 3 heteroatoms. The van der Waals surface area contributed by atoms with Crippen LogP contribution in [0.25, 0.3) is 0 Å². The third-order valence-corrected chi connectivity index (χ3v) is 3.69. The highest BCUT2D eigenvalue weighted by Crippen LogP contribution is 2.42. The zero-order chi connectivity index (χ0) is 13.2. The van der Waals surface area contributed by atoms with E-state index >= 15 is 0 Å². The predicted octanol–water partition coefficient (Wildman–Crippen LogP) is 2.66. The summed E-state index contributed by atoms with van der Waals surface area (Å²) in [7, 11) is 0. The minimum absolute atomic E-state index is 0.551. The number of rotatable bonds is 2. The van der Waals surface area contributed by atoms with Crippen molar-refractivity contribution in [2.75, 3.05) is 13.2 Å². The van der Waals surface area contributed by atoms with E-state index in [0.29, 0.717) is 26.1 Å². The van der Waals surface area contributed by atoms with Gasteiger partial charge in [0.05, 0.1) is 17.6 Å². The molecule has 1 aromatic rings. The molecule has 0 spiro atoms. The summed E-state index contributed by atoms with van der Waals surface area (Å²) in [6.07, 6.45) is 0.458. The summed E-state index contributed by atoms with van der Waals surface area (Å²) in [6, 6.07) is 8.32. The third-order valence-electron chi connectivity index (χ3n) is 3.69. The molecule has 2 rings (SSSR count). The van der Waals surface area contributed by atoms with Gasteiger partial charge in [-0.25, -0.2) is 0 Å². The van der Waals surface area contributed by atoms with Crippen LogP contribution in [0.2, 0.25) is 0 Å². The van der Waals surface area contributed by atoms with Crippen LogP contribution in [0, 0.1) is 30.6 Å². The lowest BCUT2D eigenvalue weighted by atomic mass is 9.74. The van der Waals surface area contributed by atoms with Crippen molar-refractivity contribution in [1.82, 2.24) is 0 Å². The summed E-state index contributed by atoms with van der Waals surface area (Å²) in [5, 5.41) is 20.0. The number of aryl methyl sites for hydroxylation is 2. The Morgan fingerprint density at radius 1 is 1.22 bits per heavy atom. The van der Waals surface area contributed by atoms with Crippen molar-refractivity contribution >= 4 is 0 Å². The molecule has 96 valence electrons. The van der Waals surface area contributed by atoms with Crippen LogP contribution in [-0.2, 0) is 4.74 Å². The van der Waals surface area contributed by atoms with Gasteiger partial charge < -0.3 is 9.84 Å². The molecule has 1 N–H and O–H groups in total. The summed E-state index contributed by atoms with van der Waals surface area (Å²) >= 11 is 0. The van der Waals surface area contributed by atoms with E-state index in [0.717, 1.165) is 16.7 Å². The molecular weight excluding hydrogens is 226 g/mol. The van der Waals surface area contributed by atoms with Crippen LogP contribution in [0.1, 0.15) is 35.6 Å². The first-order chi connectivity index (χ1) is 8.57. The first kappa shape index (κ1) is 13.1. The van der Waals surface area contributed by atoms with Gasteiger partial charge in [-0.3, -0.25) is 0 Å². The lowest BCUT2D eigenvalue weighted by molar-refractivity contribution is -0.0310. The van der Waals surface area contributed by atoms with Crippen LogP contribution in [0.15, 0.2) is 18.2 Å². The van der Waals surface area contributed by atoms with E-state index in [-0.39, 0.29) is 0 Å². The molecule has 1 aromatic carbocycles. The van der Waals surface area contributed by atoms with E-state index in [1.165, 1.54) is 0 Å². The molecule has 1 fully saturated rings. The van der Waals surface area contributed by atoms with Crippen molar-refractivity contribution in [3.8, 4) is 6.07 Å². The van der Waals surface area contributed by atoms with Crippen LogP contribution in [0.4, 0.5) is 0 Å². The Morgan fingerprint density at radius 3 is 2.28 bits per heavy atom. The molecule has 0 radical (unpaired) electrons. The topological polar surface area (TPSA) is 53.2 Å². The lowest BCUT2D eigenvalue weighted by Gasteiger charge is -2.35. The Labute approximate surface area is 108 Å². The van der Waals surface area contributed by atoms with E-state index in [4.69, 9.17) is 4.74 Å². The zero-order valence-corrected chi connectivity index (χ0v) is 10.9. The minimum atomic E-state index is -0.731. The first-order valence-corrected chi connectivity index (χ1v) is 6.33. The van der Waals surface area contributed by atoms with E-state index in [2.05, 4.69) is 12.1 Å². The van der Waals surface area contributed by atoms with Crippen molar-refractivity contribution in [2.24, 2.45) is 5.41 Å². The number of hydrogen-bond donors (Lipinski definition) is 1. The molecule has 0 aliphatic carbocycles. The Kier molecular flexibility index (Phi) is 3.70. The van der Waals surface area contributed by atoms with Gasteiger partial charge in [-0.2, -0.15) is 5.26 Å². The molecule has 1 heterocycles. The van der Waals surface area contributed by atoms with Gasteiger partial charge in [0.2, 0.25) is 0 Å². The van der Waals surface area contributed by atoms with Gasteiger partial charge in [0.15, 0.2) is 0 Å². The number of aliphatic hydroxyl groups is 1. The van der Waals surface area contributed by atoms with Crippen molar-refractivity contribution in [3.63, 3.8) is 0 Å². The fraction of sp³-hybridized carbons (Fsp3) is 0.533. The van der Waals surface area contributed by atoms with Gasteiger partial charge in [-0.05, 0) is 32.3 Å². The molecule has 3 nitrogen and oxygen atoms in total. The summed E-state index contributed by atoms with van der Waals surface area (Å²) in [5.41, 5.74) is 2.38. The molecule has 1 saturated heterocycles. The highest BCUT2D eigenvalue weighted by Gasteiger charge is 2.40. The maximum Gasteiger partial charge on any atom is 0.0978 e. The van der Waals surface area contributed by atoms with Gasteiger partial charge in [-0.1, -0.05) is 29.3 Å². The summed E-state index contributed by atoms with van der Waals surface area (Å²) in [6.45, 7) is 5.11. The average molecular weight is 245 g/mol. The van der Waals surface area contributed by atoms with Gasteiger partial charge in [-0.15, -0.1) is 0 Å². The Morgan fingerprint density at radius 2 is 1.78 bits per heavy atom. The standard InChI is InChI=1S/C15H19NO2/c1-11-7-12(2)9-13(8-11)14(17)15(10-16)3-5-18-6-4-15/h7-9,14,17H,3-6H2,1-2H3. The smallest absolute Gasteiger partial charge is 0.0978 e. The maximum atomic E-state index is 10.6. The zero-order valence-electron chi connectivity index (χ0n) is 10.9. The van der Waals surface area contributed by atoms with Crippen molar-refractivity contribution < 1.29 is 9.84 Å². The third kappa shape index (κ3) is 2.40. The van der Waals surface area contributed by atoms with E-state index in [1.54, 1.807) is 0 Å². The summed E-state index contributed by atoms with van der Waals surface area (Å²) in [5.74, 6) is 0. The molecule has 1 unspecified atom stereocenters. The van der Waals surface area contributed by atoms with Crippen LogP contribution in [0.3, 0.4) is 0 Å². The molecule has 0 saturated carbocycles. The Hall–Kier alpha value is -1.37. The first-order valence-electron chi connectivity index (χ1n) is 6.33. The van der Waals surface area contributed by atoms with E-state index in [9.17, 15) is 10.4 Å². The van der Waals surface area contributed by atoms with Crippen molar-refractivity contribution in [2.45, 2.75) is 32.8 Å². The average Bonchev–Trinajstić information content (AvgIpc) is 2.37. The molecule has 0 aromatic heterocycles. The summed E-state index contributed by atoms with van der Waals surface area (Å²) in [4.78, 5) is 0. The van der Waals surface area contributed by atoms with Crippen LogP contribution >= 0.6 is 0 Å².